The van der Waals surface area contributed by atoms with Gasteiger partial charge in [-0.05, 0) is 73.6 Å². The van der Waals surface area contributed by atoms with Crippen LogP contribution < -0.4 is 10.1 Å². The van der Waals surface area contributed by atoms with Crippen LogP contribution in [0.15, 0.2) is 63.8 Å². The minimum Gasteiger partial charge on any atom is -0.496 e. The zero-order valence-electron chi connectivity index (χ0n) is 14.5. The van der Waals surface area contributed by atoms with Gasteiger partial charge in [-0.25, -0.2) is 0 Å². The van der Waals surface area contributed by atoms with Crippen LogP contribution in [0.1, 0.15) is 17.5 Å². The molecule has 0 radical (unpaired) electrons. The molecule has 0 aliphatic carbocycles. The molecule has 3 rings (SSSR count). The molecular formula is C21H20BrNO2S. The predicted molar refractivity (Wildman–Crippen MR) is 111 cm³/mol. The second kappa shape index (κ2) is 9.01. The lowest BCUT2D eigenvalue weighted by Gasteiger charge is -2.10. The summed E-state index contributed by atoms with van der Waals surface area (Å²) in [7, 11) is 1.64. The molecule has 0 aliphatic rings. The molecule has 0 aliphatic heterocycles. The van der Waals surface area contributed by atoms with E-state index in [1.165, 1.54) is 11.1 Å². The number of hydrogen-bond acceptors (Lipinski definition) is 3. The van der Waals surface area contributed by atoms with Gasteiger partial charge in [0.1, 0.15) is 5.75 Å². The van der Waals surface area contributed by atoms with Gasteiger partial charge in [-0.1, -0.05) is 30.3 Å². The van der Waals surface area contributed by atoms with Crippen molar-refractivity contribution >= 4 is 33.2 Å². The summed E-state index contributed by atoms with van der Waals surface area (Å²) < 4.78 is 6.13. The Morgan fingerprint density at radius 3 is 2.77 bits per heavy atom. The highest BCUT2D eigenvalue weighted by atomic mass is 79.9. The van der Waals surface area contributed by atoms with Crippen molar-refractivity contribution < 1.29 is 9.53 Å². The van der Waals surface area contributed by atoms with Gasteiger partial charge in [0.15, 0.2) is 0 Å². The van der Waals surface area contributed by atoms with Crippen molar-refractivity contribution in [2.24, 2.45) is 0 Å². The van der Waals surface area contributed by atoms with Gasteiger partial charge in [0.2, 0.25) is 5.91 Å². The highest BCUT2D eigenvalue weighted by Crippen LogP contribution is 2.27. The van der Waals surface area contributed by atoms with Gasteiger partial charge in [-0.15, -0.1) is 0 Å². The number of ether oxygens (including phenoxy) is 1. The number of thiophene rings is 1. The van der Waals surface area contributed by atoms with Crippen LogP contribution >= 0.6 is 27.3 Å². The van der Waals surface area contributed by atoms with E-state index in [9.17, 15) is 4.79 Å². The Morgan fingerprint density at radius 2 is 2.04 bits per heavy atom. The molecule has 0 bridgehead atoms. The van der Waals surface area contributed by atoms with Gasteiger partial charge < -0.3 is 10.1 Å². The van der Waals surface area contributed by atoms with Crippen molar-refractivity contribution in [1.82, 2.24) is 5.32 Å². The van der Waals surface area contributed by atoms with Crippen LogP contribution in [-0.4, -0.2) is 13.0 Å². The Morgan fingerprint density at radius 1 is 1.19 bits per heavy atom. The fourth-order valence-corrected chi connectivity index (χ4v) is 4.02. The molecule has 26 heavy (non-hydrogen) atoms. The number of nitrogens with one attached hydrogen (secondary N) is 1. The van der Waals surface area contributed by atoms with E-state index < -0.39 is 0 Å². The van der Waals surface area contributed by atoms with Crippen LogP contribution in [0.25, 0.3) is 11.1 Å². The molecule has 134 valence electrons. The molecule has 1 amide bonds. The maximum Gasteiger partial charge on any atom is 0.220 e. The molecule has 3 nitrogen and oxygen atoms in total. The summed E-state index contributed by atoms with van der Waals surface area (Å²) >= 11 is 5.15. The van der Waals surface area contributed by atoms with Crippen molar-refractivity contribution in [2.75, 3.05) is 7.11 Å². The zero-order valence-corrected chi connectivity index (χ0v) is 16.9. The van der Waals surface area contributed by atoms with Gasteiger partial charge in [-0.3, -0.25) is 4.79 Å². The van der Waals surface area contributed by atoms with E-state index >= 15 is 0 Å². The number of amides is 1. The molecule has 0 saturated carbocycles. The quantitative estimate of drug-likeness (QED) is 0.543. The smallest absolute Gasteiger partial charge is 0.220 e. The number of aryl methyl sites for hydroxylation is 1. The monoisotopic (exact) mass is 429 g/mol. The van der Waals surface area contributed by atoms with Crippen LogP contribution in [0, 0.1) is 0 Å². The summed E-state index contributed by atoms with van der Waals surface area (Å²) in [5.74, 6) is 0.848. The number of carbonyl (C=O) groups excluding carboxylic acids is 1. The first-order valence-corrected chi connectivity index (χ1v) is 10.1. The fourth-order valence-electron chi connectivity index (χ4n) is 2.78. The molecule has 1 heterocycles. The summed E-state index contributed by atoms with van der Waals surface area (Å²) in [5.41, 5.74) is 4.61. The van der Waals surface area contributed by atoms with Crippen molar-refractivity contribution in [3.63, 3.8) is 0 Å². The van der Waals surface area contributed by atoms with Crippen molar-refractivity contribution in [3.8, 4) is 16.9 Å². The minimum atomic E-state index is 0.0528. The summed E-state index contributed by atoms with van der Waals surface area (Å²) in [5, 5.41) is 7.23. The third-order valence-corrected chi connectivity index (χ3v) is 5.49. The summed E-state index contributed by atoms with van der Waals surface area (Å²) in [6.45, 7) is 0.539. The molecule has 1 aromatic heterocycles. The zero-order chi connectivity index (χ0) is 18.4. The third kappa shape index (κ3) is 4.74. The molecule has 2 aromatic carbocycles. The lowest BCUT2D eigenvalue weighted by atomic mass is 10.0. The van der Waals surface area contributed by atoms with Crippen LogP contribution in [-0.2, 0) is 17.8 Å². The average molecular weight is 430 g/mol. The first-order chi connectivity index (χ1) is 12.7. The second-order valence-electron chi connectivity index (χ2n) is 5.91. The molecule has 0 atom stereocenters. The molecule has 1 N–H and O–H groups in total. The average Bonchev–Trinajstić information content (AvgIpc) is 3.19. The van der Waals surface area contributed by atoms with Crippen molar-refractivity contribution in [3.05, 3.63) is 74.9 Å². The molecule has 0 spiro atoms. The Hall–Kier alpha value is -2.11. The molecule has 3 aromatic rings. The van der Waals surface area contributed by atoms with Crippen LogP contribution in [0.2, 0.25) is 0 Å². The number of benzene rings is 2. The molecule has 5 heteroatoms. The standard InChI is InChI=1S/C21H20BrNO2S/c1-25-20-8-6-15(12-19(20)22)7-9-21(24)23-13-16-4-2-3-5-18(16)17-10-11-26-14-17/h2-6,8,10-12,14H,7,9,13H2,1H3,(H,23,24). The van der Waals surface area contributed by atoms with E-state index in [2.05, 4.69) is 50.2 Å². The third-order valence-electron chi connectivity index (χ3n) is 4.18. The SMILES string of the molecule is COc1ccc(CCC(=O)NCc2ccccc2-c2ccsc2)cc1Br. The highest BCUT2D eigenvalue weighted by Gasteiger charge is 2.08. The number of carbonyl (C=O) groups is 1. The topological polar surface area (TPSA) is 38.3 Å². The molecular weight excluding hydrogens is 410 g/mol. The van der Waals surface area contributed by atoms with Gasteiger partial charge in [-0.2, -0.15) is 11.3 Å². The van der Waals surface area contributed by atoms with E-state index in [0.717, 1.165) is 21.3 Å². The van der Waals surface area contributed by atoms with Gasteiger partial charge in [0.25, 0.3) is 0 Å². The predicted octanol–water partition coefficient (Wildman–Crippen LogP) is 5.44. The molecule has 0 fully saturated rings. The Bertz CT molecular complexity index is 877. The number of methoxy groups -OCH3 is 1. The molecule has 0 unspecified atom stereocenters. The van der Waals surface area contributed by atoms with Crippen LogP contribution in [0.5, 0.6) is 5.75 Å². The number of rotatable bonds is 7. The molecule has 0 saturated heterocycles. The van der Waals surface area contributed by atoms with E-state index in [1.807, 2.05) is 30.3 Å². The van der Waals surface area contributed by atoms with E-state index in [0.29, 0.717) is 19.4 Å². The maximum atomic E-state index is 12.3. The largest absolute Gasteiger partial charge is 0.496 e. The maximum absolute atomic E-state index is 12.3. The Labute approximate surface area is 166 Å². The lowest BCUT2D eigenvalue weighted by Crippen LogP contribution is -2.23. The highest BCUT2D eigenvalue weighted by molar-refractivity contribution is 9.10. The van der Waals surface area contributed by atoms with Gasteiger partial charge in [0.05, 0.1) is 11.6 Å². The van der Waals surface area contributed by atoms with Crippen molar-refractivity contribution in [1.29, 1.82) is 0 Å². The Balaban J connectivity index is 1.56. The van der Waals surface area contributed by atoms with Gasteiger partial charge >= 0.3 is 0 Å². The van der Waals surface area contributed by atoms with E-state index in [-0.39, 0.29) is 5.91 Å². The van der Waals surface area contributed by atoms with Crippen molar-refractivity contribution in [2.45, 2.75) is 19.4 Å². The summed E-state index contributed by atoms with van der Waals surface area (Å²) in [6, 6.07) is 16.2. The first-order valence-electron chi connectivity index (χ1n) is 8.37. The Kier molecular flexibility index (Phi) is 6.47. The minimum absolute atomic E-state index is 0.0528. The second-order valence-corrected chi connectivity index (χ2v) is 7.55. The lowest BCUT2D eigenvalue weighted by molar-refractivity contribution is -0.121. The fraction of sp³-hybridized carbons (Fsp3) is 0.190. The summed E-state index contributed by atoms with van der Waals surface area (Å²) in [6.07, 6.45) is 1.15. The van der Waals surface area contributed by atoms with Crippen LogP contribution in [0.4, 0.5) is 0 Å². The van der Waals surface area contributed by atoms with E-state index in [4.69, 9.17) is 4.74 Å². The van der Waals surface area contributed by atoms with Gasteiger partial charge in [0, 0.05) is 13.0 Å². The number of hydrogen-bond donors (Lipinski definition) is 1. The van der Waals surface area contributed by atoms with Crippen LogP contribution in [0.3, 0.4) is 0 Å². The first kappa shape index (κ1) is 18.7. The van der Waals surface area contributed by atoms with E-state index in [1.54, 1.807) is 18.4 Å². The number of halogens is 1. The summed E-state index contributed by atoms with van der Waals surface area (Å²) in [4.78, 5) is 12.3. The normalized spacial score (nSPS) is 10.5.